The lowest BCUT2D eigenvalue weighted by atomic mass is 10.1. The maximum Gasteiger partial charge on any atom is 0.124 e. The SMILES string of the molecule is CC(C)Oc1cc(CN2CCN(C)CC2)ccc1CN. The Morgan fingerprint density at radius 1 is 1.20 bits per heavy atom. The van der Waals surface area contributed by atoms with Crippen LogP contribution in [0, 0.1) is 0 Å². The largest absolute Gasteiger partial charge is 0.491 e. The fourth-order valence-electron chi connectivity index (χ4n) is 2.49. The van der Waals surface area contributed by atoms with Gasteiger partial charge in [-0.15, -0.1) is 0 Å². The number of hydrogen-bond donors (Lipinski definition) is 1. The summed E-state index contributed by atoms with van der Waals surface area (Å²) in [6, 6.07) is 6.43. The van der Waals surface area contributed by atoms with Crippen molar-refractivity contribution in [3.05, 3.63) is 29.3 Å². The topological polar surface area (TPSA) is 41.7 Å². The van der Waals surface area contributed by atoms with E-state index in [-0.39, 0.29) is 6.10 Å². The van der Waals surface area contributed by atoms with Crippen LogP contribution in [0.25, 0.3) is 0 Å². The fourth-order valence-corrected chi connectivity index (χ4v) is 2.49. The van der Waals surface area contributed by atoms with E-state index in [0.29, 0.717) is 6.54 Å². The van der Waals surface area contributed by atoms with E-state index >= 15 is 0 Å². The van der Waals surface area contributed by atoms with Gasteiger partial charge in [0.05, 0.1) is 6.10 Å². The smallest absolute Gasteiger partial charge is 0.124 e. The van der Waals surface area contributed by atoms with Crippen molar-refractivity contribution in [2.24, 2.45) is 5.73 Å². The summed E-state index contributed by atoms with van der Waals surface area (Å²) >= 11 is 0. The standard InChI is InChI=1S/C16H27N3O/c1-13(2)20-16-10-14(4-5-15(16)11-17)12-19-8-6-18(3)7-9-19/h4-5,10,13H,6-9,11-12,17H2,1-3H3. The van der Waals surface area contributed by atoms with Crippen molar-refractivity contribution in [3.8, 4) is 5.75 Å². The molecule has 112 valence electrons. The average molecular weight is 277 g/mol. The monoisotopic (exact) mass is 277 g/mol. The number of piperazine rings is 1. The summed E-state index contributed by atoms with van der Waals surface area (Å²) in [6.45, 7) is 10.2. The minimum atomic E-state index is 0.180. The molecule has 0 aliphatic carbocycles. The summed E-state index contributed by atoms with van der Waals surface area (Å²) in [5.74, 6) is 0.939. The Morgan fingerprint density at radius 2 is 1.90 bits per heavy atom. The molecular formula is C16H27N3O. The first-order chi connectivity index (χ1) is 9.58. The molecule has 1 aliphatic rings. The number of hydrogen-bond acceptors (Lipinski definition) is 4. The van der Waals surface area contributed by atoms with Gasteiger partial charge in [0.25, 0.3) is 0 Å². The minimum Gasteiger partial charge on any atom is -0.491 e. The van der Waals surface area contributed by atoms with Gasteiger partial charge in [-0.05, 0) is 32.5 Å². The zero-order valence-electron chi connectivity index (χ0n) is 12.9. The van der Waals surface area contributed by atoms with Gasteiger partial charge in [0.1, 0.15) is 5.75 Å². The van der Waals surface area contributed by atoms with Crippen LogP contribution in [0.1, 0.15) is 25.0 Å². The number of rotatable bonds is 5. The Hall–Kier alpha value is -1.10. The van der Waals surface area contributed by atoms with Gasteiger partial charge in [0.15, 0.2) is 0 Å². The molecular weight excluding hydrogens is 250 g/mol. The number of benzene rings is 1. The Bertz CT molecular complexity index is 426. The van der Waals surface area contributed by atoms with E-state index in [9.17, 15) is 0 Å². The van der Waals surface area contributed by atoms with E-state index < -0.39 is 0 Å². The number of likely N-dealkylation sites (N-methyl/N-ethyl adjacent to an activating group) is 1. The van der Waals surface area contributed by atoms with Crippen LogP contribution < -0.4 is 10.5 Å². The third kappa shape index (κ3) is 4.20. The van der Waals surface area contributed by atoms with E-state index in [4.69, 9.17) is 10.5 Å². The maximum absolute atomic E-state index is 5.88. The van der Waals surface area contributed by atoms with Crippen molar-refractivity contribution in [3.63, 3.8) is 0 Å². The molecule has 0 aromatic heterocycles. The molecule has 0 atom stereocenters. The Morgan fingerprint density at radius 3 is 2.50 bits per heavy atom. The molecule has 20 heavy (non-hydrogen) atoms. The first-order valence-corrected chi connectivity index (χ1v) is 7.48. The summed E-state index contributed by atoms with van der Waals surface area (Å²) in [7, 11) is 2.18. The minimum absolute atomic E-state index is 0.180. The zero-order chi connectivity index (χ0) is 14.5. The molecule has 0 bridgehead atoms. The molecule has 0 spiro atoms. The molecule has 1 aromatic rings. The lowest BCUT2D eigenvalue weighted by Crippen LogP contribution is -2.43. The summed E-state index contributed by atoms with van der Waals surface area (Å²) in [4.78, 5) is 4.87. The van der Waals surface area contributed by atoms with Crippen molar-refractivity contribution < 1.29 is 4.74 Å². The normalized spacial score (nSPS) is 17.6. The Labute approximate surface area is 122 Å². The molecule has 2 N–H and O–H groups in total. The van der Waals surface area contributed by atoms with Gasteiger partial charge in [0, 0.05) is 44.8 Å². The number of ether oxygens (including phenoxy) is 1. The molecule has 0 amide bonds. The highest BCUT2D eigenvalue weighted by Crippen LogP contribution is 2.22. The van der Waals surface area contributed by atoms with Crippen LogP contribution in [0.4, 0.5) is 0 Å². The van der Waals surface area contributed by atoms with Crippen LogP contribution in [0.3, 0.4) is 0 Å². The predicted molar refractivity (Wildman–Crippen MR) is 82.9 cm³/mol. The second-order valence-electron chi connectivity index (χ2n) is 5.89. The van der Waals surface area contributed by atoms with Crippen molar-refractivity contribution in [2.75, 3.05) is 33.2 Å². The van der Waals surface area contributed by atoms with E-state index in [0.717, 1.165) is 44.0 Å². The van der Waals surface area contributed by atoms with Gasteiger partial charge in [-0.2, -0.15) is 0 Å². The maximum atomic E-state index is 5.88. The van der Waals surface area contributed by atoms with Gasteiger partial charge in [-0.1, -0.05) is 12.1 Å². The third-order valence-electron chi connectivity index (χ3n) is 3.72. The molecule has 1 fully saturated rings. The molecule has 1 saturated heterocycles. The predicted octanol–water partition coefficient (Wildman–Crippen LogP) is 1.68. The van der Waals surface area contributed by atoms with Crippen LogP contribution in [-0.2, 0) is 13.1 Å². The number of nitrogens with zero attached hydrogens (tertiary/aromatic N) is 2. The summed E-state index contributed by atoms with van der Waals surface area (Å²) < 4.78 is 5.88. The lowest BCUT2D eigenvalue weighted by Gasteiger charge is -2.32. The van der Waals surface area contributed by atoms with Gasteiger partial charge in [-0.3, -0.25) is 4.90 Å². The molecule has 2 rings (SSSR count). The van der Waals surface area contributed by atoms with Crippen molar-refractivity contribution in [1.82, 2.24) is 9.80 Å². The second-order valence-corrected chi connectivity index (χ2v) is 5.89. The fraction of sp³-hybridized carbons (Fsp3) is 0.625. The summed E-state index contributed by atoms with van der Waals surface area (Å²) in [6.07, 6.45) is 0.180. The molecule has 4 heteroatoms. The second kappa shape index (κ2) is 7.07. The average Bonchev–Trinajstić information content (AvgIpc) is 2.41. The highest BCUT2D eigenvalue weighted by atomic mass is 16.5. The van der Waals surface area contributed by atoms with Crippen molar-refractivity contribution in [2.45, 2.75) is 33.0 Å². The van der Waals surface area contributed by atoms with Crippen molar-refractivity contribution >= 4 is 0 Å². The molecule has 0 unspecified atom stereocenters. The van der Waals surface area contributed by atoms with Crippen LogP contribution in [0.15, 0.2) is 18.2 Å². The lowest BCUT2D eigenvalue weighted by molar-refractivity contribution is 0.148. The highest BCUT2D eigenvalue weighted by Gasteiger charge is 2.14. The molecule has 1 aliphatic heterocycles. The number of nitrogens with two attached hydrogens (primary N) is 1. The van der Waals surface area contributed by atoms with Crippen molar-refractivity contribution in [1.29, 1.82) is 0 Å². The Balaban J connectivity index is 2.04. The van der Waals surface area contributed by atoms with Gasteiger partial charge in [0.2, 0.25) is 0 Å². The third-order valence-corrected chi connectivity index (χ3v) is 3.72. The highest BCUT2D eigenvalue weighted by molar-refractivity contribution is 5.37. The van der Waals surface area contributed by atoms with Crippen LogP contribution in [0.2, 0.25) is 0 Å². The van der Waals surface area contributed by atoms with E-state index in [2.05, 4.69) is 35.0 Å². The quantitative estimate of drug-likeness (QED) is 0.889. The van der Waals surface area contributed by atoms with Gasteiger partial charge < -0.3 is 15.4 Å². The molecule has 0 saturated carbocycles. The van der Waals surface area contributed by atoms with E-state index in [1.807, 2.05) is 13.8 Å². The molecule has 0 radical (unpaired) electrons. The summed E-state index contributed by atoms with van der Waals surface area (Å²) in [5.41, 5.74) is 8.17. The first-order valence-electron chi connectivity index (χ1n) is 7.48. The van der Waals surface area contributed by atoms with Gasteiger partial charge >= 0.3 is 0 Å². The van der Waals surface area contributed by atoms with E-state index in [1.54, 1.807) is 0 Å². The molecule has 1 heterocycles. The summed E-state index contributed by atoms with van der Waals surface area (Å²) in [5, 5.41) is 0. The van der Waals surface area contributed by atoms with E-state index in [1.165, 1.54) is 5.56 Å². The molecule has 4 nitrogen and oxygen atoms in total. The first kappa shape index (κ1) is 15.3. The van der Waals surface area contributed by atoms with Crippen LogP contribution in [0.5, 0.6) is 5.75 Å². The van der Waals surface area contributed by atoms with Crippen LogP contribution >= 0.6 is 0 Å². The van der Waals surface area contributed by atoms with Gasteiger partial charge in [-0.25, -0.2) is 0 Å². The zero-order valence-corrected chi connectivity index (χ0v) is 12.9. The Kier molecular flexibility index (Phi) is 5.40. The molecule has 1 aromatic carbocycles. The van der Waals surface area contributed by atoms with Crippen LogP contribution in [-0.4, -0.2) is 49.1 Å².